The number of hydrogen-bond acceptors (Lipinski definition) is 1. The monoisotopic (exact) mass is 170 g/mol. The molecule has 0 aliphatic rings. The Balaban J connectivity index is 4.20. The molecule has 2 nitrogen and oxygen atoms in total. The summed E-state index contributed by atoms with van der Waals surface area (Å²) in [5.74, 6) is 0.155. The molecule has 0 spiro atoms. The van der Waals surface area contributed by atoms with Gasteiger partial charge >= 0.3 is 0 Å². The quantitative estimate of drug-likeness (QED) is 0.633. The van der Waals surface area contributed by atoms with Crippen LogP contribution < -0.4 is 0 Å². The van der Waals surface area contributed by atoms with Gasteiger partial charge in [0.05, 0.1) is 0 Å². The summed E-state index contributed by atoms with van der Waals surface area (Å²) < 4.78 is 0. The summed E-state index contributed by atoms with van der Waals surface area (Å²) in [6.45, 7) is 10.2. The third-order valence-corrected chi connectivity index (χ3v) is 1.75. The first kappa shape index (κ1) is 11.5. The fourth-order valence-electron chi connectivity index (χ4n) is 1.39. The molecule has 2 heteroatoms. The molecule has 71 valence electrons. The topological polar surface area (TPSA) is 20.3 Å². The fraction of sp³-hybridized carbons (Fsp3) is 0.800. The number of carbonyl (C=O) groups is 1. The van der Waals surface area contributed by atoms with Crippen molar-refractivity contribution in [3.63, 3.8) is 0 Å². The Bertz CT molecular complexity index is 133. The molecule has 0 saturated carbocycles. The molecule has 0 heterocycles. The third kappa shape index (κ3) is 3.24. The minimum atomic E-state index is 0.155. The Hall–Kier alpha value is -0.530. The molecule has 0 aliphatic carbocycles. The Kier molecular flexibility index (Phi) is 4.95. The molecule has 0 saturated heterocycles. The first-order valence-electron chi connectivity index (χ1n) is 4.66. The molecule has 12 heavy (non-hydrogen) atoms. The van der Waals surface area contributed by atoms with Gasteiger partial charge in [-0.2, -0.15) is 0 Å². The van der Waals surface area contributed by atoms with Gasteiger partial charge < -0.3 is 4.90 Å². The molecule has 1 amide bonds. The maximum absolute atomic E-state index is 11.5. The summed E-state index contributed by atoms with van der Waals surface area (Å²) >= 11 is 0. The molecule has 1 radical (unpaired) electrons. The van der Waals surface area contributed by atoms with Gasteiger partial charge in [0, 0.05) is 18.5 Å². The van der Waals surface area contributed by atoms with E-state index in [1.165, 1.54) is 0 Å². The van der Waals surface area contributed by atoms with Crippen molar-refractivity contribution in [1.29, 1.82) is 0 Å². The lowest BCUT2D eigenvalue weighted by molar-refractivity contribution is -0.131. The highest BCUT2D eigenvalue weighted by Gasteiger charge is 2.18. The van der Waals surface area contributed by atoms with Crippen molar-refractivity contribution in [3.8, 4) is 0 Å². The molecule has 0 fully saturated rings. The Morgan fingerprint density at radius 1 is 1.25 bits per heavy atom. The van der Waals surface area contributed by atoms with Gasteiger partial charge in [0.15, 0.2) is 0 Å². The molecular weight excluding hydrogens is 150 g/mol. The predicted molar refractivity (Wildman–Crippen MR) is 51.7 cm³/mol. The highest BCUT2D eigenvalue weighted by Crippen LogP contribution is 2.07. The van der Waals surface area contributed by atoms with Crippen LogP contribution >= 0.6 is 0 Å². The summed E-state index contributed by atoms with van der Waals surface area (Å²) in [7, 11) is 0. The van der Waals surface area contributed by atoms with Crippen LogP contribution in [0.4, 0.5) is 0 Å². The predicted octanol–water partition coefficient (Wildman–Crippen LogP) is 2.25. The molecule has 0 atom stereocenters. The molecule has 0 aromatic rings. The zero-order valence-corrected chi connectivity index (χ0v) is 8.79. The van der Waals surface area contributed by atoms with Gasteiger partial charge in [-0.3, -0.25) is 4.79 Å². The first-order chi connectivity index (χ1) is 5.50. The van der Waals surface area contributed by atoms with Crippen LogP contribution in [-0.2, 0) is 4.79 Å². The van der Waals surface area contributed by atoms with E-state index in [1.54, 1.807) is 6.42 Å². The van der Waals surface area contributed by atoms with Crippen molar-refractivity contribution in [1.82, 2.24) is 4.90 Å². The number of nitrogens with zero attached hydrogens (tertiary/aromatic N) is 1. The van der Waals surface area contributed by atoms with Crippen molar-refractivity contribution < 1.29 is 4.79 Å². The lowest BCUT2D eigenvalue weighted by Gasteiger charge is -2.30. The number of carbonyl (C=O) groups excluding carboxylic acids is 1. The van der Waals surface area contributed by atoms with E-state index in [4.69, 9.17) is 0 Å². The molecule has 0 aromatic heterocycles. The smallest absolute Gasteiger partial charge is 0.226 e. The fourth-order valence-corrected chi connectivity index (χ4v) is 1.39. The van der Waals surface area contributed by atoms with Crippen LogP contribution in [0.1, 0.15) is 41.0 Å². The Morgan fingerprint density at radius 3 is 1.92 bits per heavy atom. The van der Waals surface area contributed by atoms with E-state index in [0.29, 0.717) is 12.1 Å². The summed E-state index contributed by atoms with van der Waals surface area (Å²) in [5.41, 5.74) is 0. The second-order valence-corrected chi connectivity index (χ2v) is 3.55. The second kappa shape index (κ2) is 5.18. The van der Waals surface area contributed by atoms with Crippen molar-refractivity contribution in [2.45, 2.75) is 53.1 Å². The average Bonchev–Trinajstić information content (AvgIpc) is 1.85. The van der Waals surface area contributed by atoms with Gasteiger partial charge in [0.2, 0.25) is 5.91 Å². The SMILES string of the molecule is CC[CH]C(=O)N(C(C)C)C(C)C. The van der Waals surface area contributed by atoms with Crippen molar-refractivity contribution in [3.05, 3.63) is 6.42 Å². The van der Waals surface area contributed by atoms with Gasteiger partial charge in [-0.15, -0.1) is 0 Å². The maximum Gasteiger partial charge on any atom is 0.226 e. The molecule has 0 N–H and O–H groups in total. The van der Waals surface area contributed by atoms with E-state index in [9.17, 15) is 4.79 Å². The molecule has 0 unspecified atom stereocenters. The lowest BCUT2D eigenvalue weighted by Crippen LogP contribution is -2.42. The minimum absolute atomic E-state index is 0.155. The summed E-state index contributed by atoms with van der Waals surface area (Å²) in [6, 6.07) is 0.584. The normalized spacial score (nSPS) is 10.9. The second-order valence-electron chi connectivity index (χ2n) is 3.55. The van der Waals surface area contributed by atoms with E-state index in [1.807, 2.05) is 39.5 Å². The third-order valence-electron chi connectivity index (χ3n) is 1.75. The largest absolute Gasteiger partial charge is 0.338 e. The highest BCUT2D eigenvalue weighted by atomic mass is 16.2. The van der Waals surface area contributed by atoms with Gasteiger partial charge in [0.25, 0.3) is 0 Å². The van der Waals surface area contributed by atoms with Gasteiger partial charge in [0.1, 0.15) is 0 Å². The van der Waals surface area contributed by atoms with E-state index in [2.05, 4.69) is 0 Å². The molecule has 0 bridgehead atoms. The van der Waals surface area contributed by atoms with Crippen LogP contribution in [0.5, 0.6) is 0 Å². The summed E-state index contributed by atoms with van der Waals surface area (Å²) in [6.07, 6.45) is 2.55. The van der Waals surface area contributed by atoms with Crippen LogP contribution in [0.15, 0.2) is 0 Å². The maximum atomic E-state index is 11.5. The zero-order chi connectivity index (χ0) is 9.72. The van der Waals surface area contributed by atoms with Crippen molar-refractivity contribution in [2.75, 3.05) is 0 Å². The molecule has 0 aromatic carbocycles. The molecular formula is C10H20NO. The van der Waals surface area contributed by atoms with E-state index in [-0.39, 0.29) is 5.91 Å². The Morgan fingerprint density at radius 2 is 1.67 bits per heavy atom. The Labute approximate surface area is 75.9 Å². The van der Waals surface area contributed by atoms with Crippen LogP contribution in [0, 0.1) is 6.42 Å². The van der Waals surface area contributed by atoms with Crippen LogP contribution in [0.3, 0.4) is 0 Å². The van der Waals surface area contributed by atoms with E-state index < -0.39 is 0 Å². The average molecular weight is 170 g/mol. The van der Waals surface area contributed by atoms with Crippen molar-refractivity contribution in [2.24, 2.45) is 0 Å². The van der Waals surface area contributed by atoms with Gasteiger partial charge in [-0.1, -0.05) is 6.92 Å². The van der Waals surface area contributed by atoms with Crippen LogP contribution in [-0.4, -0.2) is 22.9 Å². The van der Waals surface area contributed by atoms with Crippen LogP contribution in [0.25, 0.3) is 0 Å². The number of rotatable bonds is 4. The number of hydrogen-bond donors (Lipinski definition) is 0. The highest BCUT2D eigenvalue weighted by molar-refractivity contribution is 5.85. The first-order valence-corrected chi connectivity index (χ1v) is 4.66. The summed E-state index contributed by atoms with van der Waals surface area (Å²) in [5, 5.41) is 0. The number of amides is 1. The zero-order valence-electron chi connectivity index (χ0n) is 8.79. The van der Waals surface area contributed by atoms with E-state index >= 15 is 0 Å². The molecule has 0 aliphatic heterocycles. The molecule has 0 rings (SSSR count). The summed E-state index contributed by atoms with van der Waals surface area (Å²) in [4.78, 5) is 13.4. The lowest BCUT2D eigenvalue weighted by atomic mass is 10.2. The van der Waals surface area contributed by atoms with Gasteiger partial charge in [-0.25, -0.2) is 0 Å². The van der Waals surface area contributed by atoms with Gasteiger partial charge in [-0.05, 0) is 34.1 Å². The standard InChI is InChI=1S/C10H20NO/c1-6-7-10(12)11(8(2)3)9(4)5/h7-9H,6H2,1-5H3. The minimum Gasteiger partial charge on any atom is -0.338 e. The van der Waals surface area contributed by atoms with Crippen molar-refractivity contribution >= 4 is 5.91 Å². The van der Waals surface area contributed by atoms with E-state index in [0.717, 1.165) is 6.42 Å². The van der Waals surface area contributed by atoms with Crippen LogP contribution in [0.2, 0.25) is 0 Å².